The maximum Gasteiger partial charge on any atom is 0.254 e. The highest BCUT2D eigenvalue weighted by atomic mass is 32.2. The molecule has 0 saturated carbocycles. The number of nitriles is 1. The van der Waals surface area contributed by atoms with E-state index in [-0.39, 0.29) is 5.91 Å². The van der Waals surface area contributed by atoms with Crippen LogP contribution in [-0.2, 0) is 16.1 Å². The molecule has 3 heterocycles. The SMILES string of the molecule is C=S(C)(=O)c1ncccc1N1CCN(C(=O)c2cc(CN3CCN(c4ccccc4C#N)CC3)c(C)cc2C)CC1. The second kappa shape index (κ2) is 11.9. The maximum atomic E-state index is 13.7. The van der Waals surface area contributed by atoms with Gasteiger partial charge in [-0.05, 0) is 66.7 Å². The van der Waals surface area contributed by atoms with E-state index in [4.69, 9.17) is 0 Å². The number of hydrogen-bond donors (Lipinski definition) is 0. The van der Waals surface area contributed by atoms with Gasteiger partial charge in [0.05, 0.1) is 16.9 Å². The highest BCUT2D eigenvalue weighted by Gasteiger charge is 2.27. The summed E-state index contributed by atoms with van der Waals surface area (Å²) in [6, 6.07) is 18.1. The van der Waals surface area contributed by atoms with Crippen LogP contribution >= 0.6 is 0 Å². The Morgan fingerprint density at radius 2 is 1.56 bits per heavy atom. The lowest BCUT2D eigenvalue weighted by Gasteiger charge is -2.37. The lowest BCUT2D eigenvalue weighted by Crippen LogP contribution is -2.49. The van der Waals surface area contributed by atoms with Gasteiger partial charge in [0.25, 0.3) is 5.91 Å². The Morgan fingerprint density at radius 1 is 0.927 bits per heavy atom. The summed E-state index contributed by atoms with van der Waals surface area (Å²) in [7, 11) is -2.46. The molecular formula is C32H38N6O2S. The first kappa shape index (κ1) is 28.7. The Bertz CT molecular complexity index is 1580. The second-order valence-electron chi connectivity index (χ2n) is 11.1. The molecule has 5 rings (SSSR count). The Kier molecular flexibility index (Phi) is 8.34. The van der Waals surface area contributed by atoms with Crippen LogP contribution in [0.1, 0.15) is 32.6 Å². The van der Waals surface area contributed by atoms with Crippen molar-refractivity contribution in [1.82, 2.24) is 14.8 Å². The number of amides is 1. The zero-order valence-corrected chi connectivity index (χ0v) is 25.0. The predicted molar refractivity (Wildman–Crippen MR) is 166 cm³/mol. The van der Waals surface area contributed by atoms with Crippen molar-refractivity contribution in [3.63, 3.8) is 0 Å². The molecule has 2 aliphatic heterocycles. The minimum Gasteiger partial charge on any atom is -0.368 e. The molecule has 1 atom stereocenters. The molecule has 2 aliphatic rings. The van der Waals surface area contributed by atoms with Gasteiger partial charge in [0.1, 0.15) is 11.1 Å². The van der Waals surface area contributed by atoms with E-state index in [1.54, 1.807) is 12.5 Å². The quantitative estimate of drug-likeness (QED) is 0.419. The number of aromatic nitrogens is 1. The molecule has 41 heavy (non-hydrogen) atoms. The lowest BCUT2D eigenvalue weighted by atomic mass is 9.98. The normalized spacial score (nSPS) is 17.7. The average molecular weight is 571 g/mol. The third kappa shape index (κ3) is 6.24. The smallest absolute Gasteiger partial charge is 0.254 e. The van der Waals surface area contributed by atoms with Crippen LogP contribution in [0, 0.1) is 25.2 Å². The Morgan fingerprint density at radius 3 is 2.24 bits per heavy atom. The standard InChI is InChI=1S/C32H38N6O2S/c1-24-20-25(2)28(21-27(24)23-35-12-14-36(15-13-35)29-9-6-5-8-26(29)22-33)32(39)38-18-16-37(17-19-38)30-10-7-11-34-31(30)41(3,4)40/h5-11,20-21H,3,12-19,23H2,1-2,4H3. The van der Waals surface area contributed by atoms with Gasteiger partial charge < -0.3 is 14.7 Å². The summed E-state index contributed by atoms with van der Waals surface area (Å²) >= 11 is 0. The summed E-state index contributed by atoms with van der Waals surface area (Å²) in [5.74, 6) is 3.89. The van der Waals surface area contributed by atoms with Crippen molar-refractivity contribution < 1.29 is 9.00 Å². The van der Waals surface area contributed by atoms with Crippen molar-refractivity contribution in [3.05, 3.63) is 82.5 Å². The Hall–Kier alpha value is -3.87. The van der Waals surface area contributed by atoms with E-state index >= 15 is 0 Å². The van der Waals surface area contributed by atoms with E-state index in [1.165, 1.54) is 11.1 Å². The summed E-state index contributed by atoms with van der Waals surface area (Å²) in [5.41, 5.74) is 6.69. The number of benzene rings is 2. The largest absolute Gasteiger partial charge is 0.368 e. The molecule has 1 aromatic heterocycles. The van der Waals surface area contributed by atoms with Gasteiger partial charge in [-0.3, -0.25) is 13.9 Å². The van der Waals surface area contributed by atoms with E-state index in [9.17, 15) is 14.3 Å². The van der Waals surface area contributed by atoms with Crippen molar-refractivity contribution in [2.75, 3.05) is 68.4 Å². The molecule has 8 nitrogen and oxygen atoms in total. The number of para-hydroxylation sites is 1. The first-order valence-electron chi connectivity index (χ1n) is 14.0. The van der Waals surface area contributed by atoms with Gasteiger partial charge in [-0.25, -0.2) is 4.98 Å². The molecular weight excluding hydrogens is 532 g/mol. The molecule has 2 aromatic carbocycles. The molecule has 0 aliphatic carbocycles. The zero-order valence-electron chi connectivity index (χ0n) is 24.2. The van der Waals surface area contributed by atoms with Gasteiger partial charge in [-0.1, -0.05) is 18.2 Å². The Balaban J connectivity index is 1.24. The number of piperazine rings is 2. The minimum absolute atomic E-state index is 0.0594. The van der Waals surface area contributed by atoms with Crippen LogP contribution in [0.4, 0.5) is 11.4 Å². The molecule has 1 amide bonds. The van der Waals surface area contributed by atoms with Crippen LogP contribution in [0.5, 0.6) is 0 Å². The highest BCUT2D eigenvalue weighted by molar-refractivity contribution is 7.99. The second-order valence-corrected chi connectivity index (χ2v) is 13.5. The summed E-state index contributed by atoms with van der Waals surface area (Å²) in [5, 5.41) is 10.0. The monoisotopic (exact) mass is 570 g/mol. The van der Waals surface area contributed by atoms with Crippen LogP contribution in [0.3, 0.4) is 0 Å². The van der Waals surface area contributed by atoms with E-state index in [0.29, 0.717) is 36.8 Å². The number of carbonyl (C=O) groups excluding carboxylic acids is 1. The summed E-state index contributed by atoms with van der Waals surface area (Å²) < 4.78 is 12.7. The number of nitrogens with zero attached hydrogens (tertiary/aromatic N) is 6. The van der Waals surface area contributed by atoms with Gasteiger partial charge in [-0.2, -0.15) is 5.26 Å². The number of anilines is 2. The topological polar surface area (TPSA) is 83.8 Å². The predicted octanol–water partition coefficient (Wildman–Crippen LogP) is 3.56. The molecule has 0 radical (unpaired) electrons. The van der Waals surface area contributed by atoms with Crippen LogP contribution in [0.25, 0.3) is 0 Å². The first-order valence-corrected chi connectivity index (χ1v) is 16.2. The number of rotatable bonds is 6. The molecule has 1 unspecified atom stereocenters. The molecule has 0 N–H and O–H groups in total. The van der Waals surface area contributed by atoms with Gasteiger partial charge in [0.2, 0.25) is 0 Å². The third-order valence-electron chi connectivity index (χ3n) is 8.11. The fraction of sp³-hybridized carbons (Fsp3) is 0.375. The van der Waals surface area contributed by atoms with Crippen LogP contribution in [0.2, 0.25) is 0 Å². The molecule has 0 bridgehead atoms. The van der Waals surface area contributed by atoms with Crippen molar-refractivity contribution in [2.24, 2.45) is 0 Å². The fourth-order valence-electron chi connectivity index (χ4n) is 5.81. The van der Waals surface area contributed by atoms with Crippen LogP contribution < -0.4 is 9.80 Å². The van der Waals surface area contributed by atoms with Crippen LogP contribution in [-0.4, -0.2) is 89.4 Å². The Labute approximate surface area is 243 Å². The van der Waals surface area contributed by atoms with Crippen LogP contribution in [0.15, 0.2) is 59.8 Å². The van der Waals surface area contributed by atoms with Gasteiger partial charge >= 0.3 is 0 Å². The molecule has 0 spiro atoms. The van der Waals surface area contributed by atoms with Gasteiger partial charge in [0, 0.05) is 86.4 Å². The van der Waals surface area contributed by atoms with Gasteiger partial charge in [0.15, 0.2) is 0 Å². The van der Waals surface area contributed by atoms with E-state index in [1.807, 2.05) is 48.2 Å². The van der Waals surface area contributed by atoms with Crippen molar-refractivity contribution in [1.29, 1.82) is 5.26 Å². The third-order valence-corrected chi connectivity index (χ3v) is 9.24. The van der Waals surface area contributed by atoms with Crippen molar-refractivity contribution >= 4 is 32.7 Å². The molecule has 2 saturated heterocycles. The van der Waals surface area contributed by atoms with E-state index in [2.05, 4.69) is 50.7 Å². The minimum atomic E-state index is -2.46. The number of hydrogen-bond acceptors (Lipinski definition) is 7. The number of aryl methyl sites for hydroxylation is 2. The number of pyridine rings is 1. The summed E-state index contributed by atoms with van der Waals surface area (Å²) in [6.07, 6.45) is 3.27. The molecule has 3 aromatic rings. The average Bonchev–Trinajstić information content (AvgIpc) is 2.98. The fourth-order valence-corrected chi connectivity index (χ4v) is 6.73. The maximum absolute atomic E-state index is 13.7. The number of carbonyl (C=O) groups is 1. The molecule has 214 valence electrons. The van der Waals surface area contributed by atoms with Gasteiger partial charge in [-0.15, -0.1) is 0 Å². The van der Waals surface area contributed by atoms with E-state index in [0.717, 1.165) is 55.2 Å². The van der Waals surface area contributed by atoms with E-state index < -0.39 is 9.52 Å². The first-order chi connectivity index (χ1) is 19.7. The van der Waals surface area contributed by atoms with Crippen molar-refractivity contribution in [2.45, 2.75) is 25.4 Å². The summed E-state index contributed by atoms with van der Waals surface area (Å²) in [6.45, 7) is 10.9. The molecule has 9 heteroatoms. The zero-order chi connectivity index (χ0) is 29.1. The highest BCUT2D eigenvalue weighted by Crippen LogP contribution is 2.26. The van der Waals surface area contributed by atoms with Crippen molar-refractivity contribution in [3.8, 4) is 6.07 Å². The molecule has 2 fully saturated rings. The lowest BCUT2D eigenvalue weighted by molar-refractivity contribution is 0.0745. The summed E-state index contributed by atoms with van der Waals surface area (Å²) in [4.78, 5) is 26.8.